The van der Waals surface area contributed by atoms with Gasteiger partial charge in [-0.05, 0) is 32.9 Å². The molecule has 0 bridgehead atoms. The summed E-state index contributed by atoms with van der Waals surface area (Å²) in [6.45, 7) is 7.83. The number of hydrogen-bond donors (Lipinski definition) is 2. The van der Waals surface area contributed by atoms with Crippen LogP contribution < -0.4 is 10.1 Å². The molecule has 1 aromatic carbocycles. The molecule has 2 heterocycles. The third kappa shape index (κ3) is 5.64. The molecule has 1 aliphatic heterocycles. The van der Waals surface area contributed by atoms with Crippen molar-refractivity contribution in [3.8, 4) is 17.0 Å². The van der Waals surface area contributed by atoms with Gasteiger partial charge in [0.2, 0.25) is 5.88 Å². The van der Waals surface area contributed by atoms with Crippen molar-refractivity contribution in [2.75, 3.05) is 26.7 Å². The van der Waals surface area contributed by atoms with Gasteiger partial charge in [0.15, 0.2) is 0 Å². The Morgan fingerprint density at radius 3 is 2.68 bits per heavy atom. The molecular weight excluding hydrogens is 439 g/mol. The molecule has 0 saturated heterocycles. The van der Waals surface area contributed by atoms with Gasteiger partial charge in [0.25, 0.3) is 5.91 Å². The molecule has 2 aromatic rings. The van der Waals surface area contributed by atoms with Gasteiger partial charge in [-0.3, -0.25) is 4.79 Å². The van der Waals surface area contributed by atoms with E-state index < -0.39 is 18.0 Å². The maximum atomic E-state index is 14.4. The molecule has 1 aliphatic rings. The highest BCUT2D eigenvalue weighted by Gasteiger charge is 2.35. The number of likely N-dealkylation sites (N-methyl/N-ethyl adjacent to an activating group) is 1. The highest BCUT2D eigenvalue weighted by atomic mass is 19.1. The predicted molar refractivity (Wildman–Crippen MR) is 127 cm³/mol. The Hall–Kier alpha value is -3.20. The number of amides is 3. The Morgan fingerprint density at radius 1 is 1.32 bits per heavy atom. The van der Waals surface area contributed by atoms with E-state index in [-0.39, 0.29) is 48.5 Å². The molecule has 184 valence electrons. The fourth-order valence-electron chi connectivity index (χ4n) is 3.87. The zero-order valence-corrected chi connectivity index (χ0v) is 20.3. The van der Waals surface area contributed by atoms with Gasteiger partial charge in [-0.2, -0.15) is 0 Å². The first-order valence-corrected chi connectivity index (χ1v) is 11.5. The van der Waals surface area contributed by atoms with Crippen molar-refractivity contribution in [2.24, 2.45) is 5.92 Å². The minimum absolute atomic E-state index is 0.0108. The second-order valence-electron chi connectivity index (χ2n) is 9.16. The molecule has 2 N–H and O–H groups in total. The second kappa shape index (κ2) is 10.8. The van der Waals surface area contributed by atoms with E-state index in [1.807, 2.05) is 20.8 Å². The monoisotopic (exact) mass is 472 g/mol. The van der Waals surface area contributed by atoms with Crippen LogP contribution in [0.25, 0.3) is 11.1 Å². The van der Waals surface area contributed by atoms with E-state index in [1.54, 1.807) is 43.1 Å². The number of ether oxygens (including phenoxy) is 1. The number of nitrogens with zero attached hydrogens (tertiary/aromatic N) is 3. The summed E-state index contributed by atoms with van der Waals surface area (Å²) in [7, 11) is 1.68. The van der Waals surface area contributed by atoms with Crippen molar-refractivity contribution in [2.45, 2.75) is 45.9 Å². The van der Waals surface area contributed by atoms with Crippen molar-refractivity contribution in [3.05, 3.63) is 47.9 Å². The minimum Gasteiger partial charge on any atom is -0.472 e. The lowest BCUT2D eigenvalue weighted by Gasteiger charge is -2.37. The van der Waals surface area contributed by atoms with E-state index in [2.05, 4.69) is 10.3 Å². The summed E-state index contributed by atoms with van der Waals surface area (Å²) in [5, 5.41) is 12.6. The average molecular weight is 473 g/mol. The molecule has 0 unspecified atom stereocenters. The Balaban J connectivity index is 2.00. The topological polar surface area (TPSA) is 95.0 Å². The molecular formula is C25H33FN4O4. The maximum Gasteiger partial charge on any atom is 0.317 e. The molecule has 3 amide bonds. The number of aliphatic hydroxyl groups is 1. The van der Waals surface area contributed by atoms with E-state index >= 15 is 0 Å². The van der Waals surface area contributed by atoms with Gasteiger partial charge in [-0.25, -0.2) is 14.2 Å². The van der Waals surface area contributed by atoms with Gasteiger partial charge in [-0.15, -0.1) is 0 Å². The highest BCUT2D eigenvalue weighted by molar-refractivity contribution is 5.98. The number of aromatic nitrogens is 1. The van der Waals surface area contributed by atoms with Gasteiger partial charge < -0.3 is 25.0 Å². The molecule has 34 heavy (non-hydrogen) atoms. The quantitative estimate of drug-likeness (QED) is 0.674. The number of rotatable bonds is 6. The van der Waals surface area contributed by atoms with Gasteiger partial charge in [0, 0.05) is 42.9 Å². The number of benzene rings is 1. The van der Waals surface area contributed by atoms with E-state index in [9.17, 15) is 19.1 Å². The summed E-state index contributed by atoms with van der Waals surface area (Å²) < 4.78 is 20.6. The molecule has 0 aliphatic carbocycles. The first-order valence-electron chi connectivity index (χ1n) is 11.5. The van der Waals surface area contributed by atoms with Crippen molar-refractivity contribution in [1.82, 2.24) is 20.1 Å². The smallest absolute Gasteiger partial charge is 0.317 e. The molecule has 0 spiro atoms. The van der Waals surface area contributed by atoms with E-state index in [4.69, 9.17) is 4.74 Å². The lowest BCUT2D eigenvalue weighted by atomic mass is 9.99. The van der Waals surface area contributed by atoms with E-state index in [0.717, 1.165) is 0 Å². The Kier molecular flexibility index (Phi) is 8.09. The van der Waals surface area contributed by atoms with Crippen LogP contribution in [0, 0.1) is 11.7 Å². The number of carbonyl (C=O) groups is 2. The Morgan fingerprint density at radius 2 is 2.03 bits per heavy atom. The normalized spacial score (nSPS) is 19.1. The SMILES string of the molecule is CC(C)NC(=O)N(C)C[C@@H]1Oc2ncc(-c3ccccc3F)cc2C(=O)N([C@@H](C)CO)C[C@H]1C. The maximum absolute atomic E-state index is 14.4. The predicted octanol–water partition coefficient (Wildman–Crippen LogP) is 3.16. The van der Waals surface area contributed by atoms with Gasteiger partial charge in [0.05, 0.1) is 19.2 Å². The number of fused-ring (bicyclic) bond motifs is 1. The number of halogens is 1. The number of pyridine rings is 1. The van der Waals surface area contributed by atoms with Crippen molar-refractivity contribution >= 4 is 11.9 Å². The number of hydrogen-bond acceptors (Lipinski definition) is 5. The largest absolute Gasteiger partial charge is 0.472 e. The Labute approximate surface area is 199 Å². The first kappa shape index (κ1) is 25.4. The Bertz CT molecular complexity index is 1030. The van der Waals surface area contributed by atoms with Crippen LogP contribution in [0.15, 0.2) is 36.5 Å². The summed E-state index contributed by atoms with van der Waals surface area (Å²) in [6, 6.07) is 7.16. The van der Waals surface area contributed by atoms with Crippen LogP contribution in [-0.4, -0.2) is 76.8 Å². The summed E-state index contributed by atoms with van der Waals surface area (Å²) in [5.41, 5.74) is 0.959. The van der Waals surface area contributed by atoms with Crippen LogP contribution in [0.4, 0.5) is 9.18 Å². The molecule has 3 rings (SSSR count). The van der Waals surface area contributed by atoms with E-state index in [0.29, 0.717) is 17.7 Å². The zero-order valence-electron chi connectivity index (χ0n) is 20.3. The van der Waals surface area contributed by atoms with E-state index in [1.165, 1.54) is 17.2 Å². The van der Waals surface area contributed by atoms with Gasteiger partial charge >= 0.3 is 6.03 Å². The molecule has 3 atom stereocenters. The number of urea groups is 1. The summed E-state index contributed by atoms with van der Waals surface area (Å²) in [6.07, 6.45) is 1.01. The molecule has 0 fully saturated rings. The molecule has 0 saturated carbocycles. The molecule has 9 heteroatoms. The van der Waals surface area contributed by atoms with Crippen LogP contribution in [0.5, 0.6) is 5.88 Å². The summed E-state index contributed by atoms with van der Waals surface area (Å²) >= 11 is 0. The van der Waals surface area contributed by atoms with Gasteiger partial charge in [0.1, 0.15) is 17.5 Å². The lowest BCUT2D eigenvalue weighted by molar-refractivity contribution is 0.0352. The van der Waals surface area contributed by atoms with Crippen LogP contribution in [0.1, 0.15) is 38.1 Å². The standard InChI is InChI=1S/C25H33FN4O4/c1-15(2)28-25(33)29(5)13-22-16(3)12-30(17(4)14-31)24(32)20-10-18(11-27-23(20)34-22)19-8-6-7-9-21(19)26/h6-11,15-17,22,31H,12-14H2,1-5H3,(H,28,33)/t16-,17+,22+/m1/s1. The van der Waals surface area contributed by atoms with Crippen LogP contribution >= 0.6 is 0 Å². The van der Waals surface area contributed by atoms with Crippen molar-refractivity contribution in [1.29, 1.82) is 0 Å². The van der Waals surface area contributed by atoms with Crippen LogP contribution in [0.3, 0.4) is 0 Å². The number of carbonyl (C=O) groups excluding carboxylic acids is 2. The fourth-order valence-corrected chi connectivity index (χ4v) is 3.87. The van der Waals surface area contributed by atoms with Crippen LogP contribution in [0.2, 0.25) is 0 Å². The average Bonchev–Trinajstić information content (AvgIpc) is 2.80. The molecule has 0 radical (unpaired) electrons. The third-order valence-electron chi connectivity index (χ3n) is 5.92. The lowest BCUT2D eigenvalue weighted by Crippen LogP contribution is -2.51. The minimum atomic E-state index is -0.463. The molecule has 1 aromatic heterocycles. The highest BCUT2D eigenvalue weighted by Crippen LogP contribution is 2.31. The van der Waals surface area contributed by atoms with Crippen LogP contribution in [-0.2, 0) is 0 Å². The number of aliphatic hydroxyl groups excluding tert-OH is 1. The van der Waals surface area contributed by atoms with Crippen molar-refractivity contribution < 1.29 is 23.8 Å². The first-order chi connectivity index (χ1) is 16.1. The molecule has 8 nitrogen and oxygen atoms in total. The second-order valence-corrected chi connectivity index (χ2v) is 9.16. The summed E-state index contributed by atoms with van der Waals surface area (Å²) in [5.74, 6) is -0.810. The third-order valence-corrected chi connectivity index (χ3v) is 5.92. The fraction of sp³-hybridized carbons (Fsp3) is 0.480. The number of nitrogens with one attached hydrogen (secondary N) is 1. The summed E-state index contributed by atoms with van der Waals surface area (Å²) in [4.78, 5) is 33.4. The zero-order chi connectivity index (χ0) is 25.0. The van der Waals surface area contributed by atoms with Gasteiger partial charge in [-0.1, -0.05) is 25.1 Å². The van der Waals surface area contributed by atoms with Crippen molar-refractivity contribution in [3.63, 3.8) is 0 Å².